The molecule has 2 N–H and O–H groups in total. The molecule has 2 aromatic rings. The van der Waals surface area contributed by atoms with Gasteiger partial charge in [0.05, 0.1) is 12.7 Å². The molecule has 0 bridgehead atoms. The van der Waals surface area contributed by atoms with Crippen LogP contribution in [-0.4, -0.2) is 21.1 Å². The Labute approximate surface area is 91.2 Å². The highest BCUT2D eigenvalue weighted by Crippen LogP contribution is 2.26. The summed E-state index contributed by atoms with van der Waals surface area (Å²) in [6.45, 7) is 2.76. The zero-order chi connectivity index (χ0) is 10.3. The summed E-state index contributed by atoms with van der Waals surface area (Å²) in [5.41, 5.74) is 5.67. The molecule has 0 spiro atoms. The van der Waals surface area contributed by atoms with E-state index < -0.39 is 0 Å². The summed E-state index contributed by atoms with van der Waals surface area (Å²) >= 11 is 1.53. The summed E-state index contributed by atoms with van der Waals surface area (Å²) in [5, 5.41) is 1.75. The van der Waals surface area contributed by atoms with Crippen LogP contribution in [0, 0.1) is 0 Å². The van der Waals surface area contributed by atoms with Crippen LogP contribution in [-0.2, 0) is 13.1 Å². The summed E-state index contributed by atoms with van der Waals surface area (Å²) < 4.78 is 2.17. The Morgan fingerprint density at radius 3 is 3.07 bits per heavy atom. The summed E-state index contributed by atoms with van der Waals surface area (Å²) in [6, 6.07) is 0. The van der Waals surface area contributed by atoms with Crippen LogP contribution < -0.4 is 10.6 Å². The normalized spacial score (nSPS) is 15.3. The quantitative estimate of drug-likeness (QED) is 0.778. The van der Waals surface area contributed by atoms with Crippen molar-refractivity contribution >= 4 is 21.5 Å². The lowest BCUT2D eigenvalue weighted by atomic mass is 10.4. The summed E-state index contributed by atoms with van der Waals surface area (Å²) in [7, 11) is 0. The molecule has 1 aliphatic rings. The first-order valence-electron chi connectivity index (χ1n) is 4.79. The van der Waals surface area contributed by atoms with Crippen LogP contribution >= 0.6 is 11.3 Å². The molecule has 0 aliphatic carbocycles. The molecular weight excluding hydrogens is 210 g/mol. The molecule has 15 heavy (non-hydrogen) atoms. The Morgan fingerprint density at radius 2 is 2.27 bits per heavy atom. The number of fused-ring (bicyclic) bond motifs is 1. The van der Waals surface area contributed by atoms with Crippen LogP contribution in [0.1, 0.15) is 5.82 Å². The van der Waals surface area contributed by atoms with E-state index in [1.165, 1.54) is 11.3 Å². The zero-order valence-corrected chi connectivity index (χ0v) is 8.94. The van der Waals surface area contributed by atoms with Crippen molar-refractivity contribution in [1.29, 1.82) is 0 Å². The first-order chi connectivity index (χ1) is 7.33. The maximum atomic E-state index is 5.67. The minimum absolute atomic E-state index is 0.763. The SMILES string of the molecule is Nc1cnc(N2CCn3ccnc3C2)s1. The Balaban J connectivity index is 1.87. The fraction of sp³-hybridized carbons (Fsp3) is 0.333. The highest BCUT2D eigenvalue weighted by molar-refractivity contribution is 7.19. The van der Waals surface area contributed by atoms with Crippen molar-refractivity contribution in [3.05, 3.63) is 24.4 Å². The molecule has 6 heteroatoms. The van der Waals surface area contributed by atoms with Gasteiger partial charge in [0.2, 0.25) is 0 Å². The third kappa shape index (κ3) is 1.46. The van der Waals surface area contributed by atoms with Crippen LogP contribution in [0.4, 0.5) is 10.1 Å². The van der Waals surface area contributed by atoms with Crippen LogP contribution in [0.5, 0.6) is 0 Å². The first kappa shape index (κ1) is 8.72. The largest absolute Gasteiger partial charge is 0.389 e. The van der Waals surface area contributed by atoms with Crippen molar-refractivity contribution in [3.63, 3.8) is 0 Å². The fourth-order valence-corrected chi connectivity index (χ4v) is 2.47. The van der Waals surface area contributed by atoms with Gasteiger partial charge in [-0.05, 0) is 0 Å². The van der Waals surface area contributed by atoms with E-state index in [-0.39, 0.29) is 0 Å². The topological polar surface area (TPSA) is 60.0 Å². The lowest BCUT2D eigenvalue weighted by Gasteiger charge is -2.26. The smallest absolute Gasteiger partial charge is 0.187 e. The summed E-state index contributed by atoms with van der Waals surface area (Å²) in [5.74, 6) is 1.09. The number of hydrogen-bond acceptors (Lipinski definition) is 5. The van der Waals surface area contributed by atoms with E-state index in [4.69, 9.17) is 5.73 Å². The first-order valence-corrected chi connectivity index (χ1v) is 5.61. The standard InChI is InChI=1S/C9H11N5S/c10-7-5-12-9(15-7)14-4-3-13-2-1-11-8(13)6-14/h1-2,5H,3-4,6,10H2. The zero-order valence-electron chi connectivity index (χ0n) is 8.13. The van der Waals surface area contributed by atoms with Gasteiger partial charge in [-0.1, -0.05) is 11.3 Å². The van der Waals surface area contributed by atoms with E-state index in [2.05, 4.69) is 19.4 Å². The van der Waals surface area contributed by atoms with Crippen LogP contribution in [0.25, 0.3) is 0 Å². The second-order valence-corrected chi connectivity index (χ2v) is 4.54. The van der Waals surface area contributed by atoms with Crippen LogP contribution in [0.15, 0.2) is 18.6 Å². The number of nitrogens with zero attached hydrogens (tertiary/aromatic N) is 4. The number of nitrogens with two attached hydrogens (primary N) is 1. The Hall–Kier alpha value is -1.56. The number of anilines is 2. The number of thiazole rings is 1. The second kappa shape index (κ2) is 3.23. The van der Waals surface area contributed by atoms with E-state index in [1.807, 2.05) is 12.4 Å². The summed E-state index contributed by atoms with van der Waals surface area (Å²) in [4.78, 5) is 10.8. The van der Waals surface area contributed by atoms with Crippen LogP contribution in [0.3, 0.4) is 0 Å². The Morgan fingerprint density at radius 1 is 1.33 bits per heavy atom. The van der Waals surface area contributed by atoms with Crippen LogP contribution in [0.2, 0.25) is 0 Å². The molecule has 0 radical (unpaired) electrons. The van der Waals surface area contributed by atoms with Crippen molar-refractivity contribution in [2.24, 2.45) is 0 Å². The predicted molar refractivity (Wildman–Crippen MR) is 59.8 cm³/mol. The number of nitrogen functional groups attached to an aromatic ring is 1. The molecule has 0 amide bonds. The molecule has 0 unspecified atom stereocenters. The maximum Gasteiger partial charge on any atom is 0.187 e. The van der Waals surface area contributed by atoms with Gasteiger partial charge < -0.3 is 15.2 Å². The molecule has 3 rings (SSSR count). The van der Waals surface area contributed by atoms with Gasteiger partial charge in [0.15, 0.2) is 5.13 Å². The van der Waals surface area contributed by atoms with E-state index in [0.717, 1.165) is 35.6 Å². The molecule has 1 aliphatic heterocycles. The molecule has 0 aromatic carbocycles. The van der Waals surface area contributed by atoms with Crippen molar-refractivity contribution in [2.75, 3.05) is 17.2 Å². The van der Waals surface area contributed by atoms with Crippen molar-refractivity contribution < 1.29 is 0 Å². The molecule has 78 valence electrons. The second-order valence-electron chi connectivity index (χ2n) is 3.50. The summed E-state index contributed by atoms with van der Waals surface area (Å²) in [6.07, 6.45) is 5.57. The van der Waals surface area contributed by atoms with Crippen molar-refractivity contribution in [3.8, 4) is 0 Å². The van der Waals surface area contributed by atoms with Gasteiger partial charge in [-0.15, -0.1) is 0 Å². The average Bonchev–Trinajstić information content (AvgIpc) is 2.84. The van der Waals surface area contributed by atoms with Crippen molar-refractivity contribution in [1.82, 2.24) is 14.5 Å². The van der Waals surface area contributed by atoms with Gasteiger partial charge in [-0.25, -0.2) is 9.97 Å². The fourth-order valence-electron chi connectivity index (χ4n) is 1.76. The molecule has 0 saturated carbocycles. The van der Waals surface area contributed by atoms with Gasteiger partial charge >= 0.3 is 0 Å². The van der Waals surface area contributed by atoms with E-state index in [0.29, 0.717) is 0 Å². The molecule has 0 fully saturated rings. The molecule has 5 nitrogen and oxygen atoms in total. The van der Waals surface area contributed by atoms with Crippen molar-refractivity contribution in [2.45, 2.75) is 13.1 Å². The van der Waals surface area contributed by atoms with Gasteiger partial charge in [0, 0.05) is 25.5 Å². The lowest BCUT2D eigenvalue weighted by Crippen LogP contribution is -2.33. The Kier molecular flexibility index (Phi) is 1.88. The molecule has 0 atom stereocenters. The molecule has 3 heterocycles. The highest BCUT2D eigenvalue weighted by atomic mass is 32.1. The monoisotopic (exact) mass is 221 g/mol. The number of aromatic nitrogens is 3. The van der Waals surface area contributed by atoms with Gasteiger partial charge in [-0.3, -0.25) is 0 Å². The third-order valence-electron chi connectivity index (χ3n) is 2.53. The molecular formula is C9H11N5S. The van der Waals surface area contributed by atoms with Gasteiger partial charge in [0.25, 0.3) is 0 Å². The minimum atomic E-state index is 0.763. The van der Waals surface area contributed by atoms with Gasteiger partial charge in [-0.2, -0.15) is 0 Å². The average molecular weight is 221 g/mol. The lowest BCUT2D eigenvalue weighted by molar-refractivity contribution is 0.559. The molecule has 0 saturated heterocycles. The maximum absolute atomic E-state index is 5.67. The van der Waals surface area contributed by atoms with E-state index in [9.17, 15) is 0 Å². The van der Waals surface area contributed by atoms with Gasteiger partial charge in [0.1, 0.15) is 10.8 Å². The predicted octanol–water partition coefficient (Wildman–Crippen LogP) is 0.942. The van der Waals surface area contributed by atoms with E-state index in [1.54, 1.807) is 6.20 Å². The van der Waals surface area contributed by atoms with E-state index >= 15 is 0 Å². The minimum Gasteiger partial charge on any atom is -0.389 e. The molecule has 2 aromatic heterocycles. The number of imidazole rings is 1. The highest BCUT2D eigenvalue weighted by Gasteiger charge is 2.18. The number of rotatable bonds is 1. The number of hydrogen-bond donors (Lipinski definition) is 1. The third-order valence-corrected chi connectivity index (χ3v) is 3.41. The Bertz CT molecular complexity index is 474.